The number of cyclic esters (lactones) is 1. The van der Waals surface area contributed by atoms with Gasteiger partial charge in [0.1, 0.15) is 6.10 Å². The van der Waals surface area contributed by atoms with Gasteiger partial charge in [0, 0.05) is 19.4 Å². The number of carbonyl (C=O) groups is 3. The SMILES string of the molecule is CC(C)CNC(=O)C[C@@H]1C/C=C/CCC(=O)OC(c2ccccc2)CNC1=O. The molecule has 2 N–H and O–H groups in total. The first-order valence-corrected chi connectivity index (χ1v) is 9.89. The van der Waals surface area contributed by atoms with Crippen LogP contribution in [0.3, 0.4) is 0 Å². The third-order valence-electron chi connectivity index (χ3n) is 4.52. The van der Waals surface area contributed by atoms with Crippen LogP contribution in [0.1, 0.15) is 51.2 Å². The zero-order valence-electron chi connectivity index (χ0n) is 16.6. The standard InChI is InChI=1S/C22H30N2O4/c1-16(2)14-23-20(25)13-18-11-7-4-8-12-21(26)28-19(15-24-22(18)27)17-9-5-3-6-10-17/h3-7,9-10,16,18-19H,8,11-15H2,1-2H3,(H,23,25)(H,24,27)/b7-4+/t18-,19?/m0/s1. The Bertz CT molecular complexity index is 685. The van der Waals surface area contributed by atoms with Gasteiger partial charge in [-0.1, -0.05) is 56.3 Å². The maximum Gasteiger partial charge on any atom is 0.306 e. The molecule has 152 valence electrons. The van der Waals surface area contributed by atoms with Crippen molar-refractivity contribution < 1.29 is 19.1 Å². The smallest absolute Gasteiger partial charge is 0.306 e. The summed E-state index contributed by atoms with van der Waals surface area (Å²) in [5.74, 6) is -0.717. The Hall–Kier alpha value is -2.63. The van der Waals surface area contributed by atoms with E-state index in [1.54, 1.807) is 0 Å². The molecule has 2 atom stereocenters. The number of rotatable bonds is 5. The average Bonchev–Trinajstić information content (AvgIpc) is 2.68. The molecule has 0 saturated heterocycles. The molecule has 28 heavy (non-hydrogen) atoms. The fourth-order valence-corrected chi connectivity index (χ4v) is 2.93. The Morgan fingerprint density at radius 3 is 2.68 bits per heavy atom. The van der Waals surface area contributed by atoms with Gasteiger partial charge in [-0.05, 0) is 24.3 Å². The van der Waals surface area contributed by atoms with E-state index >= 15 is 0 Å². The lowest BCUT2D eigenvalue weighted by Gasteiger charge is -2.22. The highest BCUT2D eigenvalue weighted by Crippen LogP contribution is 2.19. The summed E-state index contributed by atoms with van der Waals surface area (Å²) >= 11 is 0. The first-order valence-electron chi connectivity index (χ1n) is 9.89. The Morgan fingerprint density at radius 2 is 1.96 bits per heavy atom. The van der Waals surface area contributed by atoms with E-state index in [0.29, 0.717) is 25.3 Å². The van der Waals surface area contributed by atoms with Crippen LogP contribution in [-0.2, 0) is 19.1 Å². The molecule has 1 aromatic carbocycles. The van der Waals surface area contributed by atoms with Gasteiger partial charge in [0.2, 0.25) is 11.8 Å². The van der Waals surface area contributed by atoms with Crippen molar-refractivity contribution in [2.75, 3.05) is 13.1 Å². The van der Waals surface area contributed by atoms with Crippen LogP contribution >= 0.6 is 0 Å². The molecule has 6 heteroatoms. The summed E-state index contributed by atoms with van der Waals surface area (Å²) in [6.45, 7) is 4.82. The van der Waals surface area contributed by atoms with Crippen LogP contribution in [-0.4, -0.2) is 30.9 Å². The average molecular weight is 386 g/mol. The van der Waals surface area contributed by atoms with Gasteiger partial charge >= 0.3 is 5.97 Å². The predicted octanol–water partition coefficient (Wildman–Crippen LogP) is 2.91. The summed E-state index contributed by atoms with van der Waals surface area (Å²) in [6.07, 6.45) is 4.62. The van der Waals surface area contributed by atoms with Crippen LogP contribution in [0.2, 0.25) is 0 Å². The molecule has 2 rings (SSSR count). The van der Waals surface area contributed by atoms with Crippen molar-refractivity contribution >= 4 is 17.8 Å². The third-order valence-corrected chi connectivity index (χ3v) is 4.52. The van der Waals surface area contributed by atoms with Gasteiger partial charge in [0.15, 0.2) is 0 Å². The highest BCUT2D eigenvalue weighted by Gasteiger charge is 2.24. The number of nitrogens with one attached hydrogen (secondary N) is 2. The normalized spacial score (nSPS) is 22.4. The molecule has 2 amide bonds. The zero-order valence-corrected chi connectivity index (χ0v) is 16.6. The van der Waals surface area contributed by atoms with Crippen molar-refractivity contribution in [3.05, 3.63) is 48.0 Å². The van der Waals surface area contributed by atoms with Gasteiger partial charge in [0.25, 0.3) is 0 Å². The van der Waals surface area contributed by atoms with Crippen molar-refractivity contribution in [1.82, 2.24) is 10.6 Å². The Kier molecular flexibility index (Phi) is 8.72. The van der Waals surface area contributed by atoms with Crippen LogP contribution in [0, 0.1) is 11.8 Å². The molecular formula is C22H30N2O4. The second kappa shape index (κ2) is 11.3. The summed E-state index contributed by atoms with van der Waals surface area (Å²) in [5.41, 5.74) is 0.829. The molecular weight excluding hydrogens is 356 g/mol. The predicted molar refractivity (Wildman–Crippen MR) is 107 cm³/mol. The summed E-state index contributed by atoms with van der Waals surface area (Å²) in [7, 11) is 0. The van der Waals surface area contributed by atoms with Gasteiger partial charge in [-0.15, -0.1) is 0 Å². The fourth-order valence-electron chi connectivity index (χ4n) is 2.93. The van der Waals surface area contributed by atoms with Crippen LogP contribution in [0.15, 0.2) is 42.5 Å². The highest BCUT2D eigenvalue weighted by molar-refractivity contribution is 5.86. The highest BCUT2D eigenvalue weighted by atomic mass is 16.5. The monoisotopic (exact) mass is 386 g/mol. The number of ether oxygens (including phenoxy) is 1. The fraction of sp³-hybridized carbons (Fsp3) is 0.500. The molecule has 0 spiro atoms. The quantitative estimate of drug-likeness (QED) is 0.602. The summed E-state index contributed by atoms with van der Waals surface area (Å²) in [6, 6.07) is 9.35. The lowest BCUT2D eigenvalue weighted by Crippen LogP contribution is -2.38. The Morgan fingerprint density at radius 1 is 1.21 bits per heavy atom. The number of hydrogen-bond acceptors (Lipinski definition) is 4. The second-order valence-corrected chi connectivity index (χ2v) is 7.48. The van der Waals surface area contributed by atoms with Crippen molar-refractivity contribution in [2.24, 2.45) is 11.8 Å². The maximum atomic E-state index is 12.7. The summed E-state index contributed by atoms with van der Waals surface area (Å²) < 4.78 is 5.57. The number of amides is 2. The first kappa shape index (κ1) is 21.7. The van der Waals surface area contributed by atoms with Crippen LogP contribution in [0.4, 0.5) is 0 Å². The van der Waals surface area contributed by atoms with Crippen molar-refractivity contribution in [3.63, 3.8) is 0 Å². The molecule has 0 saturated carbocycles. The van der Waals surface area contributed by atoms with Gasteiger partial charge in [-0.2, -0.15) is 0 Å². The minimum atomic E-state index is -0.545. The number of hydrogen-bond donors (Lipinski definition) is 2. The van der Waals surface area contributed by atoms with Gasteiger partial charge in [0.05, 0.1) is 12.5 Å². The molecule has 1 unspecified atom stereocenters. The van der Waals surface area contributed by atoms with E-state index in [1.165, 1.54) is 0 Å². The number of benzene rings is 1. The van der Waals surface area contributed by atoms with Gasteiger partial charge in [-0.25, -0.2) is 0 Å². The van der Waals surface area contributed by atoms with E-state index in [0.717, 1.165) is 5.56 Å². The number of allylic oxidation sites excluding steroid dienone is 2. The van der Waals surface area contributed by atoms with E-state index in [-0.39, 0.29) is 37.2 Å². The number of esters is 1. The molecule has 0 aromatic heterocycles. The van der Waals surface area contributed by atoms with Crippen LogP contribution in [0.5, 0.6) is 0 Å². The zero-order chi connectivity index (χ0) is 20.4. The minimum Gasteiger partial charge on any atom is -0.456 e. The second-order valence-electron chi connectivity index (χ2n) is 7.48. The van der Waals surface area contributed by atoms with Gasteiger partial charge < -0.3 is 15.4 Å². The van der Waals surface area contributed by atoms with Crippen LogP contribution in [0.25, 0.3) is 0 Å². The molecule has 0 fully saturated rings. The van der Waals surface area contributed by atoms with E-state index in [1.807, 2.05) is 56.3 Å². The van der Waals surface area contributed by atoms with Crippen molar-refractivity contribution in [1.29, 1.82) is 0 Å². The Labute approximate surface area is 166 Å². The van der Waals surface area contributed by atoms with E-state index in [4.69, 9.17) is 4.74 Å². The third kappa shape index (κ3) is 7.55. The molecule has 0 radical (unpaired) electrons. The summed E-state index contributed by atoms with van der Waals surface area (Å²) in [4.78, 5) is 37.0. The number of carbonyl (C=O) groups excluding carboxylic acids is 3. The minimum absolute atomic E-state index is 0.125. The molecule has 1 aromatic rings. The first-order chi connectivity index (χ1) is 13.5. The Balaban J connectivity index is 2.07. The molecule has 0 aliphatic carbocycles. The lowest BCUT2D eigenvalue weighted by molar-refractivity contribution is -0.150. The largest absolute Gasteiger partial charge is 0.456 e. The van der Waals surface area contributed by atoms with E-state index in [2.05, 4.69) is 10.6 Å². The van der Waals surface area contributed by atoms with Gasteiger partial charge in [-0.3, -0.25) is 14.4 Å². The molecule has 6 nitrogen and oxygen atoms in total. The lowest BCUT2D eigenvalue weighted by atomic mass is 9.98. The van der Waals surface area contributed by atoms with Crippen molar-refractivity contribution in [3.8, 4) is 0 Å². The van der Waals surface area contributed by atoms with E-state index < -0.39 is 12.0 Å². The molecule has 1 heterocycles. The molecule has 0 bridgehead atoms. The summed E-state index contributed by atoms with van der Waals surface area (Å²) in [5, 5.41) is 5.72. The van der Waals surface area contributed by atoms with Crippen molar-refractivity contribution in [2.45, 2.75) is 45.6 Å². The van der Waals surface area contributed by atoms with Crippen LogP contribution < -0.4 is 10.6 Å². The molecule has 1 aliphatic heterocycles. The molecule has 1 aliphatic rings. The maximum absolute atomic E-state index is 12.7. The van der Waals surface area contributed by atoms with E-state index in [9.17, 15) is 14.4 Å². The topological polar surface area (TPSA) is 84.5 Å².